The first-order chi connectivity index (χ1) is 8.77. The second-order valence-corrected chi connectivity index (χ2v) is 7.13. The van der Waals surface area contributed by atoms with Gasteiger partial charge in [-0.25, -0.2) is 8.42 Å². The Morgan fingerprint density at radius 2 is 2.26 bits per heavy atom. The molecule has 1 rings (SSSR count). The van der Waals surface area contributed by atoms with Gasteiger partial charge in [0.2, 0.25) is 10.0 Å². The largest absolute Gasteiger partial charge is 0.480 e. The molecule has 1 fully saturated rings. The number of rotatable bonds is 5. The summed E-state index contributed by atoms with van der Waals surface area (Å²) < 4.78 is 26.5. The molecule has 0 amide bonds. The van der Waals surface area contributed by atoms with Crippen LogP contribution in [-0.2, 0) is 14.8 Å². The van der Waals surface area contributed by atoms with E-state index in [0.717, 1.165) is 6.42 Å². The number of nitriles is 1. The molecular weight excluding hydrogens is 268 g/mol. The Kier molecular flexibility index (Phi) is 4.93. The van der Waals surface area contributed by atoms with E-state index in [4.69, 9.17) is 5.26 Å². The summed E-state index contributed by atoms with van der Waals surface area (Å²) in [6, 6.07) is 1.71. The average molecular weight is 288 g/mol. The number of hydrogen-bond acceptors (Lipinski definition) is 4. The van der Waals surface area contributed by atoms with E-state index in [-0.39, 0.29) is 25.2 Å². The van der Waals surface area contributed by atoms with E-state index < -0.39 is 26.8 Å². The van der Waals surface area contributed by atoms with Crippen LogP contribution in [0.25, 0.3) is 0 Å². The minimum Gasteiger partial charge on any atom is -0.480 e. The highest BCUT2D eigenvalue weighted by atomic mass is 32.2. The molecule has 7 heteroatoms. The zero-order valence-electron chi connectivity index (χ0n) is 11.2. The molecule has 0 radical (unpaired) electrons. The molecule has 0 saturated heterocycles. The van der Waals surface area contributed by atoms with E-state index >= 15 is 0 Å². The van der Waals surface area contributed by atoms with Crippen LogP contribution in [0.15, 0.2) is 0 Å². The minimum atomic E-state index is -3.94. The Labute approximate surface area is 113 Å². The Balaban J connectivity index is 3.04. The number of carbonyl (C=O) groups is 1. The SMILES string of the molecule is CCC(C#N)S(=O)(=O)NC1(C(=O)O)CCCC(C)C1. The van der Waals surface area contributed by atoms with Gasteiger partial charge in [0.1, 0.15) is 5.54 Å². The number of carboxylic acids is 1. The highest BCUT2D eigenvalue weighted by Gasteiger charge is 2.46. The minimum absolute atomic E-state index is 0.136. The Hall–Kier alpha value is -1.13. The number of sulfonamides is 1. The third kappa shape index (κ3) is 3.45. The Morgan fingerprint density at radius 3 is 2.68 bits per heavy atom. The van der Waals surface area contributed by atoms with Gasteiger partial charge in [-0.15, -0.1) is 0 Å². The summed E-state index contributed by atoms with van der Waals surface area (Å²) in [4.78, 5) is 11.5. The van der Waals surface area contributed by atoms with Crippen LogP contribution < -0.4 is 4.72 Å². The highest BCUT2D eigenvalue weighted by Crippen LogP contribution is 2.33. The van der Waals surface area contributed by atoms with Gasteiger partial charge in [-0.3, -0.25) is 4.79 Å². The first-order valence-electron chi connectivity index (χ1n) is 6.43. The number of nitrogens with zero attached hydrogens (tertiary/aromatic N) is 1. The van der Waals surface area contributed by atoms with Gasteiger partial charge >= 0.3 is 5.97 Å². The van der Waals surface area contributed by atoms with E-state index in [2.05, 4.69) is 4.72 Å². The van der Waals surface area contributed by atoms with Crippen LogP contribution in [0.2, 0.25) is 0 Å². The molecule has 3 unspecified atom stereocenters. The Bertz CT molecular complexity index is 482. The van der Waals surface area contributed by atoms with Crippen molar-refractivity contribution in [3.8, 4) is 6.07 Å². The standard InChI is InChI=1S/C12H20N2O4S/c1-3-10(8-13)19(17,18)14-12(11(15)16)6-4-5-9(2)7-12/h9-10,14H,3-7H2,1-2H3,(H,15,16). The summed E-state index contributed by atoms with van der Waals surface area (Å²) in [5.74, 6) is -1.01. The lowest BCUT2D eigenvalue weighted by molar-refractivity contribution is -0.146. The second-order valence-electron chi connectivity index (χ2n) is 5.26. The molecule has 6 nitrogen and oxygen atoms in total. The van der Waals surface area contributed by atoms with Gasteiger partial charge in [-0.2, -0.15) is 9.98 Å². The summed E-state index contributed by atoms with van der Waals surface area (Å²) in [6.45, 7) is 3.50. The fraction of sp³-hybridized carbons (Fsp3) is 0.833. The van der Waals surface area contributed by atoms with E-state index in [1.54, 1.807) is 13.0 Å². The quantitative estimate of drug-likeness (QED) is 0.791. The number of carboxylic acid groups (broad SMARTS) is 1. The second kappa shape index (κ2) is 5.88. The molecule has 1 aliphatic carbocycles. The zero-order chi connectivity index (χ0) is 14.7. The van der Waals surface area contributed by atoms with Crippen molar-refractivity contribution in [1.29, 1.82) is 5.26 Å². The van der Waals surface area contributed by atoms with Gasteiger partial charge in [-0.1, -0.05) is 26.7 Å². The zero-order valence-corrected chi connectivity index (χ0v) is 12.0. The summed E-state index contributed by atoms with van der Waals surface area (Å²) in [5, 5.41) is 17.0. The lowest BCUT2D eigenvalue weighted by Gasteiger charge is -2.37. The maximum Gasteiger partial charge on any atom is 0.324 e. The summed E-state index contributed by atoms with van der Waals surface area (Å²) in [5.41, 5.74) is -1.46. The molecule has 0 bridgehead atoms. The van der Waals surface area contributed by atoms with Crippen molar-refractivity contribution in [1.82, 2.24) is 4.72 Å². The Morgan fingerprint density at radius 1 is 1.63 bits per heavy atom. The van der Waals surface area contributed by atoms with Crippen molar-refractivity contribution in [2.75, 3.05) is 0 Å². The lowest BCUT2D eigenvalue weighted by atomic mass is 9.77. The third-order valence-electron chi connectivity index (χ3n) is 3.63. The van der Waals surface area contributed by atoms with Crippen molar-refractivity contribution in [2.24, 2.45) is 5.92 Å². The van der Waals surface area contributed by atoms with Crippen LogP contribution >= 0.6 is 0 Å². The van der Waals surface area contributed by atoms with Gasteiger partial charge in [0, 0.05) is 0 Å². The van der Waals surface area contributed by atoms with E-state index in [9.17, 15) is 18.3 Å². The molecule has 0 spiro atoms. The predicted molar refractivity (Wildman–Crippen MR) is 69.7 cm³/mol. The highest BCUT2D eigenvalue weighted by molar-refractivity contribution is 7.90. The van der Waals surface area contributed by atoms with Crippen molar-refractivity contribution >= 4 is 16.0 Å². The van der Waals surface area contributed by atoms with Gasteiger partial charge in [0.25, 0.3) is 0 Å². The molecule has 0 aromatic heterocycles. The van der Waals surface area contributed by atoms with Crippen molar-refractivity contribution in [3.63, 3.8) is 0 Å². The van der Waals surface area contributed by atoms with Gasteiger partial charge in [0.15, 0.2) is 5.25 Å². The third-order valence-corrected chi connectivity index (χ3v) is 5.50. The van der Waals surface area contributed by atoms with Crippen LogP contribution in [0, 0.1) is 17.2 Å². The van der Waals surface area contributed by atoms with Crippen LogP contribution in [0.5, 0.6) is 0 Å². The molecule has 0 heterocycles. The van der Waals surface area contributed by atoms with Crippen molar-refractivity contribution in [3.05, 3.63) is 0 Å². The lowest BCUT2D eigenvalue weighted by Crippen LogP contribution is -2.58. The molecule has 108 valence electrons. The van der Waals surface area contributed by atoms with Crippen molar-refractivity contribution < 1.29 is 18.3 Å². The topological polar surface area (TPSA) is 107 Å². The first-order valence-corrected chi connectivity index (χ1v) is 7.98. The normalized spacial score (nSPS) is 29.4. The van der Waals surface area contributed by atoms with Gasteiger partial charge in [0.05, 0.1) is 6.07 Å². The summed E-state index contributed by atoms with van der Waals surface area (Å²) >= 11 is 0. The van der Waals surface area contributed by atoms with Gasteiger partial charge < -0.3 is 5.11 Å². The molecule has 0 aromatic rings. The summed E-state index contributed by atoms with van der Waals surface area (Å²) in [6.07, 6.45) is 2.24. The average Bonchev–Trinajstić information content (AvgIpc) is 2.29. The van der Waals surface area contributed by atoms with E-state index in [0.29, 0.717) is 6.42 Å². The monoisotopic (exact) mass is 288 g/mol. The van der Waals surface area contributed by atoms with E-state index in [1.807, 2.05) is 6.92 Å². The fourth-order valence-corrected chi connectivity index (χ4v) is 4.14. The molecule has 1 saturated carbocycles. The van der Waals surface area contributed by atoms with Crippen LogP contribution in [-0.4, -0.2) is 30.3 Å². The van der Waals surface area contributed by atoms with E-state index in [1.165, 1.54) is 0 Å². The summed E-state index contributed by atoms with van der Waals surface area (Å²) in [7, 11) is -3.94. The number of hydrogen-bond donors (Lipinski definition) is 2. The van der Waals surface area contributed by atoms with Crippen LogP contribution in [0.4, 0.5) is 0 Å². The van der Waals surface area contributed by atoms with Crippen LogP contribution in [0.3, 0.4) is 0 Å². The molecule has 19 heavy (non-hydrogen) atoms. The first kappa shape index (κ1) is 15.9. The maximum atomic E-state index is 12.1. The molecule has 0 aliphatic heterocycles. The predicted octanol–water partition coefficient (Wildman–Crippen LogP) is 1.24. The maximum absolute atomic E-state index is 12.1. The smallest absolute Gasteiger partial charge is 0.324 e. The molecule has 2 N–H and O–H groups in total. The van der Waals surface area contributed by atoms with Crippen molar-refractivity contribution in [2.45, 2.75) is 56.7 Å². The number of nitrogens with one attached hydrogen (secondary N) is 1. The molecule has 3 atom stereocenters. The van der Waals surface area contributed by atoms with Crippen LogP contribution in [0.1, 0.15) is 46.0 Å². The fourth-order valence-electron chi connectivity index (χ4n) is 2.61. The molecular formula is C12H20N2O4S. The molecule has 0 aromatic carbocycles. The van der Waals surface area contributed by atoms with Gasteiger partial charge in [-0.05, 0) is 25.2 Å². The number of aliphatic carboxylic acids is 1. The molecule has 1 aliphatic rings.